The number of ketones is 1. The van der Waals surface area contributed by atoms with E-state index < -0.39 is 0 Å². The van der Waals surface area contributed by atoms with E-state index in [1.807, 2.05) is 25.1 Å². The molecule has 0 aliphatic carbocycles. The van der Waals surface area contributed by atoms with Crippen LogP contribution < -0.4 is 0 Å². The maximum absolute atomic E-state index is 12.3. The lowest BCUT2D eigenvalue weighted by Gasteiger charge is -2.07. The summed E-state index contributed by atoms with van der Waals surface area (Å²) in [5.74, 6) is 0.188. The second-order valence-corrected chi connectivity index (χ2v) is 5.39. The zero-order valence-electron chi connectivity index (χ0n) is 12.1. The number of benzene rings is 2. The fourth-order valence-electron chi connectivity index (χ4n) is 2.37. The van der Waals surface area contributed by atoms with Gasteiger partial charge in [-0.05, 0) is 50.5 Å². The average molecular weight is 252 g/mol. The zero-order chi connectivity index (χ0) is 14.0. The molecule has 0 aliphatic rings. The van der Waals surface area contributed by atoms with E-state index in [1.165, 1.54) is 22.3 Å². The molecule has 2 aromatic carbocycles. The summed E-state index contributed by atoms with van der Waals surface area (Å²) >= 11 is 0. The molecule has 98 valence electrons. The van der Waals surface area contributed by atoms with Gasteiger partial charge in [0.1, 0.15) is 0 Å². The molecule has 0 atom stereocenters. The van der Waals surface area contributed by atoms with Crippen molar-refractivity contribution in [1.82, 2.24) is 0 Å². The Balaban J connectivity index is 2.22. The van der Waals surface area contributed by atoms with Gasteiger partial charge in [-0.25, -0.2) is 0 Å². The van der Waals surface area contributed by atoms with Crippen molar-refractivity contribution in [3.8, 4) is 0 Å². The van der Waals surface area contributed by atoms with Gasteiger partial charge < -0.3 is 0 Å². The molecule has 2 aromatic rings. The molecule has 0 saturated heterocycles. The molecule has 0 fully saturated rings. The van der Waals surface area contributed by atoms with Crippen LogP contribution >= 0.6 is 0 Å². The number of carbonyl (C=O) groups is 1. The molecule has 0 heterocycles. The van der Waals surface area contributed by atoms with Gasteiger partial charge in [0.2, 0.25) is 0 Å². The van der Waals surface area contributed by atoms with Crippen LogP contribution in [0.1, 0.15) is 38.2 Å². The number of hydrogen-bond acceptors (Lipinski definition) is 1. The van der Waals surface area contributed by atoms with Crippen LogP contribution in [0.3, 0.4) is 0 Å². The highest BCUT2D eigenvalue weighted by Crippen LogP contribution is 2.15. The number of carbonyl (C=O) groups excluding carboxylic acids is 1. The Bertz CT molecular complexity index is 603. The summed E-state index contributed by atoms with van der Waals surface area (Å²) < 4.78 is 0. The molecule has 2 rings (SSSR count). The number of hydrogen-bond donors (Lipinski definition) is 0. The van der Waals surface area contributed by atoms with Crippen LogP contribution in [0.25, 0.3) is 0 Å². The van der Waals surface area contributed by atoms with Crippen LogP contribution in [0.2, 0.25) is 0 Å². The molecule has 1 heteroatoms. The normalized spacial score (nSPS) is 10.5. The molecular weight excluding hydrogens is 232 g/mol. The standard InChI is InChI=1S/C18H20O/c1-12-7-13(2)9-16(8-12)11-18(19)17-6-5-14(3)15(4)10-17/h5-10H,11H2,1-4H3. The summed E-state index contributed by atoms with van der Waals surface area (Å²) in [5.41, 5.74) is 6.72. The maximum atomic E-state index is 12.3. The van der Waals surface area contributed by atoms with Crippen LogP contribution in [-0.2, 0) is 6.42 Å². The van der Waals surface area contributed by atoms with E-state index in [0.29, 0.717) is 6.42 Å². The Morgan fingerprint density at radius 3 is 2.05 bits per heavy atom. The molecule has 0 amide bonds. The van der Waals surface area contributed by atoms with Crippen LogP contribution in [0.4, 0.5) is 0 Å². The Morgan fingerprint density at radius 2 is 1.47 bits per heavy atom. The number of Topliss-reactive ketones (excluding diaryl/α,β-unsaturated/α-hetero) is 1. The summed E-state index contributed by atoms with van der Waals surface area (Å²) in [7, 11) is 0. The molecule has 0 saturated carbocycles. The van der Waals surface area contributed by atoms with Gasteiger partial charge in [-0.15, -0.1) is 0 Å². The van der Waals surface area contributed by atoms with Crippen molar-refractivity contribution >= 4 is 5.78 Å². The Labute approximate surface area is 115 Å². The molecule has 0 aliphatic heterocycles. The van der Waals surface area contributed by atoms with Crippen molar-refractivity contribution in [1.29, 1.82) is 0 Å². The summed E-state index contributed by atoms with van der Waals surface area (Å²) in [6, 6.07) is 12.2. The minimum absolute atomic E-state index is 0.188. The van der Waals surface area contributed by atoms with Crippen molar-refractivity contribution in [2.45, 2.75) is 34.1 Å². The first kappa shape index (κ1) is 13.5. The van der Waals surface area contributed by atoms with E-state index in [1.54, 1.807) is 0 Å². The average Bonchev–Trinajstić information content (AvgIpc) is 2.31. The molecule has 1 nitrogen and oxygen atoms in total. The van der Waals surface area contributed by atoms with Crippen LogP contribution in [0.5, 0.6) is 0 Å². The van der Waals surface area contributed by atoms with Gasteiger partial charge in [-0.2, -0.15) is 0 Å². The van der Waals surface area contributed by atoms with E-state index in [2.05, 4.69) is 39.0 Å². The lowest BCUT2D eigenvalue weighted by atomic mass is 9.97. The van der Waals surface area contributed by atoms with Gasteiger partial charge in [0.05, 0.1) is 0 Å². The fraction of sp³-hybridized carbons (Fsp3) is 0.278. The highest BCUT2D eigenvalue weighted by atomic mass is 16.1. The Hall–Kier alpha value is -1.89. The monoisotopic (exact) mass is 252 g/mol. The summed E-state index contributed by atoms with van der Waals surface area (Å²) in [6.07, 6.45) is 0.477. The van der Waals surface area contributed by atoms with Crippen LogP contribution in [-0.4, -0.2) is 5.78 Å². The highest BCUT2D eigenvalue weighted by molar-refractivity contribution is 5.97. The first-order valence-corrected chi connectivity index (χ1v) is 6.63. The molecule has 0 radical (unpaired) electrons. The number of rotatable bonds is 3. The van der Waals surface area contributed by atoms with E-state index in [9.17, 15) is 4.79 Å². The SMILES string of the molecule is Cc1cc(C)cc(CC(=O)c2ccc(C)c(C)c2)c1. The molecule has 0 N–H and O–H groups in total. The van der Waals surface area contributed by atoms with E-state index >= 15 is 0 Å². The molecule has 0 unspecified atom stereocenters. The minimum Gasteiger partial charge on any atom is -0.294 e. The minimum atomic E-state index is 0.188. The molecule has 0 aromatic heterocycles. The van der Waals surface area contributed by atoms with Crippen molar-refractivity contribution in [2.24, 2.45) is 0 Å². The second kappa shape index (κ2) is 5.40. The first-order valence-electron chi connectivity index (χ1n) is 6.63. The third-order valence-corrected chi connectivity index (χ3v) is 3.48. The van der Waals surface area contributed by atoms with E-state index in [0.717, 1.165) is 11.1 Å². The molecular formula is C18H20O. The van der Waals surface area contributed by atoms with Gasteiger partial charge >= 0.3 is 0 Å². The second-order valence-electron chi connectivity index (χ2n) is 5.39. The van der Waals surface area contributed by atoms with Gasteiger partial charge in [0.15, 0.2) is 5.78 Å². The van der Waals surface area contributed by atoms with Gasteiger partial charge in [0.25, 0.3) is 0 Å². The van der Waals surface area contributed by atoms with Crippen molar-refractivity contribution in [2.75, 3.05) is 0 Å². The molecule has 0 bridgehead atoms. The summed E-state index contributed by atoms with van der Waals surface area (Å²) in [6.45, 7) is 8.24. The lowest BCUT2D eigenvalue weighted by Crippen LogP contribution is -2.04. The van der Waals surface area contributed by atoms with Crippen LogP contribution in [0, 0.1) is 27.7 Å². The summed E-state index contributed by atoms with van der Waals surface area (Å²) in [5, 5.41) is 0. The Kier molecular flexibility index (Phi) is 3.84. The predicted octanol–water partition coefficient (Wildman–Crippen LogP) is 4.35. The maximum Gasteiger partial charge on any atom is 0.167 e. The van der Waals surface area contributed by atoms with Gasteiger partial charge in [0, 0.05) is 12.0 Å². The quantitative estimate of drug-likeness (QED) is 0.742. The van der Waals surface area contributed by atoms with E-state index in [4.69, 9.17) is 0 Å². The van der Waals surface area contributed by atoms with Gasteiger partial charge in [-0.3, -0.25) is 4.79 Å². The highest BCUT2D eigenvalue weighted by Gasteiger charge is 2.08. The third-order valence-electron chi connectivity index (χ3n) is 3.48. The van der Waals surface area contributed by atoms with Crippen LogP contribution in [0.15, 0.2) is 36.4 Å². The largest absolute Gasteiger partial charge is 0.294 e. The smallest absolute Gasteiger partial charge is 0.167 e. The third kappa shape index (κ3) is 3.31. The van der Waals surface area contributed by atoms with Gasteiger partial charge in [-0.1, -0.05) is 41.5 Å². The zero-order valence-corrected chi connectivity index (χ0v) is 12.1. The summed E-state index contributed by atoms with van der Waals surface area (Å²) in [4.78, 5) is 12.3. The van der Waals surface area contributed by atoms with E-state index in [-0.39, 0.29) is 5.78 Å². The topological polar surface area (TPSA) is 17.1 Å². The molecule has 0 spiro atoms. The van der Waals surface area contributed by atoms with Crippen molar-refractivity contribution < 1.29 is 4.79 Å². The lowest BCUT2D eigenvalue weighted by molar-refractivity contribution is 0.0993. The first-order chi connectivity index (χ1) is 8.95. The van der Waals surface area contributed by atoms with Crippen molar-refractivity contribution in [3.63, 3.8) is 0 Å². The fourth-order valence-corrected chi connectivity index (χ4v) is 2.37. The van der Waals surface area contributed by atoms with Crippen molar-refractivity contribution in [3.05, 3.63) is 69.8 Å². The predicted molar refractivity (Wildman–Crippen MR) is 79.9 cm³/mol. The molecule has 19 heavy (non-hydrogen) atoms. The number of aryl methyl sites for hydroxylation is 4. The Morgan fingerprint density at radius 1 is 0.842 bits per heavy atom.